The average Bonchev–Trinajstić information content (AvgIpc) is 2.43. The molecular formula is C14H15N3O2. The van der Waals surface area contributed by atoms with Crippen molar-refractivity contribution in [2.75, 3.05) is 17.7 Å². The van der Waals surface area contributed by atoms with Crippen molar-refractivity contribution >= 4 is 23.3 Å². The Morgan fingerprint density at radius 2 is 2.00 bits per heavy atom. The van der Waals surface area contributed by atoms with Gasteiger partial charge in [0, 0.05) is 5.69 Å². The largest absolute Gasteiger partial charge is 0.453 e. The highest BCUT2D eigenvalue weighted by Gasteiger charge is 2.02. The van der Waals surface area contributed by atoms with Gasteiger partial charge in [-0.15, -0.1) is 0 Å². The number of amides is 1. The number of ether oxygens (including phenoxy) is 1. The fourth-order valence-corrected chi connectivity index (χ4v) is 1.57. The van der Waals surface area contributed by atoms with Gasteiger partial charge in [-0.3, -0.25) is 5.32 Å². The van der Waals surface area contributed by atoms with E-state index in [0.29, 0.717) is 5.82 Å². The molecule has 0 unspecified atom stereocenters. The van der Waals surface area contributed by atoms with Gasteiger partial charge in [-0.1, -0.05) is 18.2 Å². The second-order valence-electron chi connectivity index (χ2n) is 3.99. The molecule has 0 saturated heterocycles. The molecular weight excluding hydrogens is 242 g/mol. The molecule has 1 heterocycles. The average molecular weight is 257 g/mol. The lowest BCUT2D eigenvalue weighted by Gasteiger charge is -2.09. The maximum Gasteiger partial charge on any atom is 0.412 e. The topological polar surface area (TPSA) is 63.2 Å². The number of anilines is 3. The fraction of sp³-hybridized carbons (Fsp3) is 0.143. The van der Waals surface area contributed by atoms with Crippen LogP contribution in [0.5, 0.6) is 0 Å². The number of aryl methyl sites for hydroxylation is 1. The minimum atomic E-state index is -0.535. The number of benzene rings is 1. The van der Waals surface area contributed by atoms with Gasteiger partial charge < -0.3 is 10.1 Å². The number of hydrogen-bond donors (Lipinski definition) is 2. The van der Waals surface area contributed by atoms with Crippen LogP contribution in [0.3, 0.4) is 0 Å². The molecule has 0 aliphatic rings. The number of carbonyl (C=O) groups is 1. The van der Waals surface area contributed by atoms with Gasteiger partial charge >= 0.3 is 6.09 Å². The molecule has 0 radical (unpaired) electrons. The zero-order valence-electron chi connectivity index (χ0n) is 10.8. The van der Waals surface area contributed by atoms with Crippen molar-refractivity contribution in [3.63, 3.8) is 0 Å². The predicted octanol–water partition coefficient (Wildman–Crippen LogP) is 3.31. The van der Waals surface area contributed by atoms with Crippen molar-refractivity contribution in [3.8, 4) is 0 Å². The van der Waals surface area contributed by atoms with Gasteiger partial charge in [0.1, 0.15) is 5.82 Å². The first-order chi connectivity index (χ1) is 9.19. The summed E-state index contributed by atoms with van der Waals surface area (Å²) in [4.78, 5) is 15.1. The number of pyridine rings is 1. The van der Waals surface area contributed by atoms with Crippen LogP contribution in [0.25, 0.3) is 0 Å². The first kappa shape index (κ1) is 12.9. The predicted molar refractivity (Wildman–Crippen MR) is 74.7 cm³/mol. The Morgan fingerprint density at radius 3 is 2.63 bits per heavy atom. The Balaban J connectivity index is 2.07. The third-order valence-corrected chi connectivity index (χ3v) is 2.60. The third-order valence-electron chi connectivity index (χ3n) is 2.60. The van der Waals surface area contributed by atoms with Crippen LogP contribution in [-0.2, 0) is 4.74 Å². The summed E-state index contributed by atoms with van der Waals surface area (Å²) in [5.74, 6) is 0.446. The number of aromatic nitrogens is 1. The van der Waals surface area contributed by atoms with E-state index in [4.69, 9.17) is 0 Å². The molecule has 2 aromatic rings. The van der Waals surface area contributed by atoms with E-state index in [-0.39, 0.29) is 0 Å². The van der Waals surface area contributed by atoms with Gasteiger partial charge in [-0.05, 0) is 30.7 Å². The van der Waals surface area contributed by atoms with Gasteiger partial charge in [0.2, 0.25) is 0 Å². The molecule has 0 spiro atoms. The Hall–Kier alpha value is -2.56. The van der Waals surface area contributed by atoms with E-state index in [0.717, 1.165) is 16.9 Å². The van der Waals surface area contributed by atoms with Gasteiger partial charge in [0.25, 0.3) is 0 Å². The van der Waals surface area contributed by atoms with E-state index in [1.165, 1.54) is 7.11 Å². The van der Waals surface area contributed by atoms with Crippen molar-refractivity contribution in [2.24, 2.45) is 0 Å². The molecule has 19 heavy (non-hydrogen) atoms. The van der Waals surface area contributed by atoms with Crippen molar-refractivity contribution in [2.45, 2.75) is 6.92 Å². The van der Waals surface area contributed by atoms with E-state index in [2.05, 4.69) is 20.4 Å². The summed E-state index contributed by atoms with van der Waals surface area (Å²) in [6, 6.07) is 11.5. The van der Waals surface area contributed by atoms with Gasteiger partial charge in [-0.25, -0.2) is 9.78 Å². The molecule has 0 atom stereocenters. The Kier molecular flexibility index (Phi) is 3.97. The summed E-state index contributed by atoms with van der Waals surface area (Å²) >= 11 is 0. The highest BCUT2D eigenvalue weighted by Crippen LogP contribution is 2.20. The minimum Gasteiger partial charge on any atom is -0.453 e. The van der Waals surface area contributed by atoms with Crippen molar-refractivity contribution < 1.29 is 9.53 Å². The molecule has 0 aliphatic carbocycles. The molecule has 5 heteroatoms. The van der Waals surface area contributed by atoms with Crippen LogP contribution in [0.15, 0.2) is 42.6 Å². The Labute approximate surface area is 111 Å². The number of rotatable bonds is 3. The molecule has 5 nitrogen and oxygen atoms in total. The number of para-hydroxylation sites is 1. The summed E-state index contributed by atoms with van der Waals surface area (Å²) in [5, 5.41) is 5.75. The molecule has 0 aliphatic heterocycles. The maximum atomic E-state index is 11.0. The lowest BCUT2D eigenvalue weighted by Crippen LogP contribution is -2.11. The summed E-state index contributed by atoms with van der Waals surface area (Å²) in [7, 11) is 1.31. The number of methoxy groups -OCH3 is 1. The molecule has 2 rings (SSSR count). The minimum absolute atomic E-state index is 0.446. The van der Waals surface area contributed by atoms with Crippen molar-refractivity contribution in [3.05, 3.63) is 48.2 Å². The molecule has 1 amide bonds. The molecule has 1 aromatic heterocycles. The number of carbonyl (C=O) groups excluding carboxylic acids is 1. The molecule has 98 valence electrons. The second kappa shape index (κ2) is 5.86. The number of hydrogen-bond acceptors (Lipinski definition) is 4. The van der Waals surface area contributed by atoms with Crippen LogP contribution >= 0.6 is 0 Å². The molecule has 2 N–H and O–H groups in total. The monoisotopic (exact) mass is 257 g/mol. The SMILES string of the molecule is COC(=O)Nc1ccc(Nc2ccccc2C)cn1. The van der Waals surface area contributed by atoms with Crippen molar-refractivity contribution in [1.29, 1.82) is 0 Å². The second-order valence-corrected chi connectivity index (χ2v) is 3.99. The third kappa shape index (κ3) is 3.45. The normalized spacial score (nSPS) is 9.79. The van der Waals surface area contributed by atoms with E-state index >= 15 is 0 Å². The summed E-state index contributed by atoms with van der Waals surface area (Å²) in [6.07, 6.45) is 1.12. The first-order valence-electron chi connectivity index (χ1n) is 5.83. The lowest BCUT2D eigenvalue weighted by atomic mass is 10.2. The highest BCUT2D eigenvalue weighted by atomic mass is 16.5. The van der Waals surface area contributed by atoms with E-state index in [1.54, 1.807) is 12.3 Å². The molecule has 0 bridgehead atoms. The number of nitrogens with zero attached hydrogens (tertiary/aromatic N) is 1. The highest BCUT2D eigenvalue weighted by molar-refractivity contribution is 5.83. The van der Waals surface area contributed by atoms with E-state index in [9.17, 15) is 4.79 Å². The zero-order chi connectivity index (χ0) is 13.7. The Bertz CT molecular complexity index is 567. The first-order valence-corrected chi connectivity index (χ1v) is 5.83. The van der Waals surface area contributed by atoms with Crippen LogP contribution < -0.4 is 10.6 Å². The zero-order valence-corrected chi connectivity index (χ0v) is 10.8. The molecule has 0 fully saturated rings. The molecule has 0 saturated carbocycles. The summed E-state index contributed by atoms with van der Waals surface area (Å²) in [6.45, 7) is 2.03. The standard InChI is InChI=1S/C14H15N3O2/c1-10-5-3-4-6-12(10)16-11-7-8-13(15-9-11)17-14(18)19-2/h3-9,16H,1-2H3,(H,15,17,18). The van der Waals surface area contributed by atoms with Crippen molar-refractivity contribution in [1.82, 2.24) is 4.98 Å². The van der Waals surface area contributed by atoms with Crippen LogP contribution in [0.4, 0.5) is 22.0 Å². The fourth-order valence-electron chi connectivity index (χ4n) is 1.57. The van der Waals surface area contributed by atoms with Crippen LogP contribution in [0, 0.1) is 6.92 Å². The van der Waals surface area contributed by atoms with Crippen LogP contribution in [0.2, 0.25) is 0 Å². The van der Waals surface area contributed by atoms with Gasteiger partial charge in [-0.2, -0.15) is 0 Å². The Morgan fingerprint density at radius 1 is 1.21 bits per heavy atom. The number of nitrogens with one attached hydrogen (secondary N) is 2. The smallest absolute Gasteiger partial charge is 0.412 e. The molecule has 1 aromatic carbocycles. The maximum absolute atomic E-state index is 11.0. The summed E-state index contributed by atoms with van der Waals surface area (Å²) < 4.78 is 4.49. The lowest BCUT2D eigenvalue weighted by molar-refractivity contribution is 0.187. The summed E-state index contributed by atoms with van der Waals surface area (Å²) in [5.41, 5.74) is 3.03. The van der Waals surface area contributed by atoms with E-state index < -0.39 is 6.09 Å². The van der Waals surface area contributed by atoms with Gasteiger partial charge in [0.15, 0.2) is 0 Å². The van der Waals surface area contributed by atoms with Crippen LogP contribution in [-0.4, -0.2) is 18.2 Å². The quantitative estimate of drug-likeness (QED) is 0.885. The van der Waals surface area contributed by atoms with Crippen LogP contribution in [0.1, 0.15) is 5.56 Å². The van der Waals surface area contributed by atoms with Gasteiger partial charge in [0.05, 0.1) is 19.0 Å². The van der Waals surface area contributed by atoms with E-state index in [1.807, 2.05) is 37.3 Å².